The molecule has 6 nitrogen and oxygen atoms in total. The van der Waals surface area contributed by atoms with E-state index in [2.05, 4.69) is 15.3 Å². The highest BCUT2D eigenvalue weighted by molar-refractivity contribution is 5.97. The van der Waals surface area contributed by atoms with Gasteiger partial charge in [0.1, 0.15) is 23.7 Å². The quantitative estimate of drug-likeness (QED) is 0.359. The molecule has 0 radical (unpaired) electrons. The first-order chi connectivity index (χ1) is 16.0. The van der Waals surface area contributed by atoms with Crippen molar-refractivity contribution in [2.75, 3.05) is 25.6 Å². The molecule has 0 fully saturated rings. The molecule has 0 aliphatic heterocycles. The van der Waals surface area contributed by atoms with Crippen molar-refractivity contribution < 1.29 is 18.3 Å². The molecule has 0 spiro atoms. The topological polar surface area (TPSA) is 69.2 Å². The van der Waals surface area contributed by atoms with Crippen LogP contribution in [0.1, 0.15) is 13.8 Å². The summed E-state index contributed by atoms with van der Waals surface area (Å²) >= 11 is 0. The Bertz CT molecular complexity index is 1270. The molecule has 0 aliphatic rings. The van der Waals surface area contributed by atoms with Crippen molar-refractivity contribution in [1.29, 1.82) is 0 Å². The summed E-state index contributed by atoms with van der Waals surface area (Å²) in [6, 6.07) is 11.1. The summed E-state index contributed by atoms with van der Waals surface area (Å²) in [5.41, 5.74) is 2.51. The molecule has 1 N–H and O–H groups in total. The van der Waals surface area contributed by atoms with Crippen molar-refractivity contribution in [2.45, 2.75) is 20.0 Å². The summed E-state index contributed by atoms with van der Waals surface area (Å²) in [6.07, 6.45) is 3.45. The Kier molecular flexibility index (Phi) is 6.74. The highest BCUT2D eigenvalue weighted by Gasteiger charge is 2.16. The van der Waals surface area contributed by atoms with Crippen LogP contribution in [-0.4, -0.2) is 41.3 Å². The number of nitrogens with one attached hydrogen (secondary N) is 1. The van der Waals surface area contributed by atoms with Crippen LogP contribution < -0.4 is 10.1 Å². The van der Waals surface area contributed by atoms with Crippen molar-refractivity contribution in [2.24, 2.45) is 0 Å². The minimum Gasteiger partial charge on any atom is -0.489 e. The molecule has 0 atom stereocenters. The lowest BCUT2D eigenvalue weighted by Crippen LogP contribution is -2.12. The van der Waals surface area contributed by atoms with Crippen molar-refractivity contribution in [3.05, 3.63) is 66.5 Å². The number of rotatable bonds is 8. The molecule has 4 aromatic rings. The average molecular weight is 450 g/mol. The maximum Gasteiger partial charge on any atom is 0.163 e. The van der Waals surface area contributed by atoms with Gasteiger partial charge in [-0.25, -0.2) is 18.7 Å². The van der Waals surface area contributed by atoms with Crippen LogP contribution in [0.25, 0.3) is 33.4 Å². The van der Waals surface area contributed by atoms with E-state index >= 15 is 0 Å². The zero-order valence-corrected chi connectivity index (χ0v) is 18.6. The van der Waals surface area contributed by atoms with Gasteiger partial charge in [-0.3, -0.25) is 4.98 Å². The third kappa shape index (κ3) is 5.06. The van der Waals surface area contributed by atoms with Crippen LogP contribution in [0.3, 0.4) is 0 Å². The lowest BCUT2D eigenvalue weighted by Gasteiger charge is -2.15. The van der Waals surface area contributed by atoms with Crippen LogP contribution in [-0.2, 0) is 4.74 Å². The van der Waals surface area contributed by atoms with E-state index in [0.717, 1.165) is 17.7 Å². The van der Waals surface area contributed by atoms with Crippen LogP contribution >= 0.6 is 0 Å². The molecule has 0 saturated heterocycles. The molecule has 0 saturated carbocycles. The van der Waals surface area contributed by atoms with Crippen LogP contribution in [0.4, 0.5) is 14.6 Å². The number of halogens is 2. The number of fused-ring (bicyclic) bond motifs is 1. The van der Waals surface area contributed by atoms with E-state index in [0.29, 0.717) is 52.6 Å². The van der Waals surface area contributed by atoms with Gasteiger partial charge in [-0.05, 0) is 61.4 Å². The van der Waals surface area contributed by atoms with Gasteiger partial charge in [-0.2, -0.15) is 0 Å². The van der Waals surface area contributed by atoms with E-state index in [9.17, 15) is 8.78 Å². The Hall–Kier alpha value is -3.65. The van der Waals surface area contributed by atoms with E-state index < -0.39 is 11.6 Å². The second-order valence-corrected chi connectivity index (χ2v) is 7.65. The molecule has 0 amide bonds. The lowest BCUT2D eigenvalue weighted by atomic mass is 10.0. The van der Waals surface area contributed by atoms with Crippen LogP contribution in [0.2, 0.25) is 0 Å². The van der Waals surface area contributed by atoms with Crippen LogP contribution in [0, 0.1) is 11.6 Å². The van der Waals surface area contributed by atoms with E-state index in [1.54, 1.807) is 25.5 Å². The van der Waals surface area contributed by atoms with Gasteiger partial charge in [0.25, 0.3) is 0 Å². The summed E-state index contributed by atoms with van der Waals surface area (Å²) in [7, 11) is 1.76. The molecular formula is C25H24F2N4O2. The van der Waals surface area contributed by atoms with Gasteiger partial charge < -0.3 is 14.8 Å². The number of hydrogen-bond donors (Lipinski definition) is 1. The fourth-order valence-corrected chi connectivity index (χ4v) is 3.40. The first-order valence-corrected chi connectivity index (χ1v) is 10.6. The zero-order chi connectivity index (χ0) is 23.4. The van der Waals surface area contributed by atoms with Gasteiger partial charge >= 0.3 is 0 Å². The third-order valence-electron chi connectivity index (χ3n) is 4.97. The number of pyridine rings is 1. The van der Waals surface area contributed by atoms with Gasteiger partial charge in [-0.15, -0.1) is 0 Å². The Morgan fingerprint density at radius 2 is 1.79 bits per heavy atom. The molecule has 33 heavy (non-hydrogen) atoms. The average Bonchev–Trinajstić information content (AvgIpc) is 2.83. The lowest BCUT2D eigenvalue weighted by molar-refractivity contribution is 0.0556. The van der Waals surface area contributed by atoms with Crippen molar-refractivity contribution in [3.63, 3.8) is 0 Å². The third-order valence-corrected chi connectivity index (χ3v) is 4.97. The highest BCUT2D eigenvalue weighted by atomic mass is 19.2. The fourth-order valence-electron chi connectivity index (χ4n) is 3.40. The van der Waals surface area contributed by atoms with E-state index in [4.69, 9.17) is 14.5 Å². The summed E-state index contributed by atoms with van der Waals surface area (Å²) < 4.78 is 39.1. The number of hydrogen-bond acceptors (Lipinski definition) is 6. The predicted molar refractivity (Wildman–Crippen MR) is 124 cm³/mol. The van der Waals surface area contributed by atoms with E-state index in [-0.39, 0.29) is 6.10 Å². The SMILES string of the molecule is CNc1nc(-c2cccnc2)nc2c(OCCOC(C)C)cc(-c3ccc(F)c(F)c3)cc12. The minimum atomic E-state index is -0.919. The molecule has 0 aliphatic carbocycles. The number of ether oxygens (including phenoxy) is 2. The first kappa shape index (κ1) is 22.5. The molecule has 2 aromatic heterocycles. The molecule has 2 heterocycles. The first-order valence-electron chi connectivity index (χ1n) is 10.6. The summed E-state index contributed by atoms with van der Waals surface area (Å²) in [5.74, 6) is -0.265. The standard InChI is InChI=1S/C25H24F2N4O2/c1-15(2)32-9-10-33-22-13-18(16-6-7-20(26)21(27)12-16)11-19-23(22)30-24(31-25(19)28-3)17-5-4-8-29-14-17/h4-8,11-15H,9-10H2,1-3H3,(H,28,30,31). The van der Waals surface area contributed by atoms with Gasteiger partial charge in [-0.1, -0.05) is 6.07 Å². The number of nitrogens with zero attached hydrogens (tertiary/aromatic N) is 3. The largest absolute Gasteiger partial charge is 0.489 e. The molecule has 8 heteroatoms. The fraction of sp³-hybridized carbons (Fsp3) is 0.240. The summed E-state index contributed by atoms with van der Waals surface area (Å²) in [4.78, 5) is 13.5. The summed E-state index contributed by atoms with van der Waals surface area (Å²) in [5, 5.41) is 3.79. The highest BCUT2D eigenvalue weighted by Crippen LogP contribution is 2.36. The maximum atomic E-state index is 13.9. The van der Waals surface area contributed by atoms with Gasteiger partial charge in [0.2, 0.25) is 0 Å². The summed E-state index contributed by atoms with van der Waals surface area (Å²) in [6.45, 7) is 4.60. The van der Waals surface area contributed by atoms with E-state index in [1.807, 2.05) is 32.0 Å². The predicted octanol–water partition coefficient (Wildman–Crippen LogP) is 5.48. The Balaban J connectivity index is 1.86. The number of benzene rings is 2. The Morgan fingerprint density at radius 1 is 0.939 bits per heavy atom. The number of anilines is 1. The normalized spacial score (nSPS) is 11.2. The van der Waals surface area contributed by atoms with Crippen LogP contribution in [0.5, 0.6) is 5.75 Å². The minimum absolute atomic E-state index is 0.0780. The van der Waals surface area contributed by atoms with Crippen LogP contribution in [0.15, 0.2) is 54.9 Å². The zero-order valence-electron chi connectivity index (χ0n) is 18.6. The molecule has 0 unspecified atom stereocenters. The van der Waals surface area contributed by atoms with Crippen molar-refractivity contribution in [1.82, 2.24) is 15.0 Å². The number of aromatic nitrogens is 3. The monoisotopic (exact) mass is 450 g/mol. The van der Waals surface area contributed by atoms with Crippen molar-refractivity contribution >= 4 is 16.7 Å². The Labute approximate surface area is 190 Å². The van der Waals surface area contributed by atoms with Gasteiger partial charge in [0.05, 0.1) is 12.7 Å². The molecule has 0 bridgehead atoms. The smallest absolute Gasteiger partial charge is 0.163 e. The molecular weight excluding hydrogens is 426 g/mol. The van der Waals surface area contributed by atoms with Gasteiger partial charge in [0.15, 0.2) is 17.5 Å². The molecule has 2 aromatic carbocycles. The second kappa shape index (κ2) is 9.87. The van der Waals surface area contributed by atoms with Gasteiger partial charge in [0, 0.05) is 30.4 Å². The van der Waals surface area contributed by atoms with E-state index in [1.165, 1.54) is 6.07 Å². The van der Waals surface area contributed by atoms with Crippen molar-refractivity contribution in [3.8, 4) is 28.3 Å². The maximum absolute atomic E-state index is 13.9. The Morgan fingerprint density at radius 3 is 2.48 bits per heavy atom. The molecule has 170 valence electrons. The molecule has 4 rings (SSSR count). The second-order valence-electron chi connectivity index (χ2n) is 7.65.